The summed E-state index contributed by atoms with van der Waals surface area (Å²) < 4.78 is 5.18. The fourth-order valence-corrected chi connectivity index (χ4v) is 2.42. The zero-order valence-corrected chi connectivity index (χ0v) is 14.5. The molecule has 1 amide bonds. The van der Waals surface area contributed by atoms with E-state index in [1.54, 1.807) is 6.26 Å². The van der Waals surface area contributed by atoms with Crippen molar-refractivity contribution in [2.75, 3.05) is 6.54 Å². The topological polar surface area (TPSA) is 74.8 Å². The summed E-state index contributed by atoms with van der Waals surface area (Å²) in [6.07, 6.45) is 4.45. The van der Waals surface area contributed by atoms with Crippen molar-refractivity contribution in [2.45, 2.75) is 33.1 Å². The first-order chi connectivity index (χ1) is 11.4. The van der Waals surface area contributed by atoms with Crippen LogP contribution >= 0.6 is 0 Å². The highest BCUT2D eigenvalue weighted by Gasteiger charge is 2.29. The van der Waals surface area contributed by atoms with Gasteiger partial charge >= 0.3 is 0 Å². The van der Waals surface area contributed by atoms with Crippen LogP contribution in [0.1, 0.15) is 38.8 Å². The molecule has 0 atom stereocenters. The van der Waals surface area contributed by atoms with Crippen LogP contribution in [-0.2, 0) is 10.2 Å². The van der Waals surface area contributed by atoms with E-state index in [0.29, 0.717) is 18.0 Å². The smallest absolute Gasteiger partial charge is 0.230 e. The van der Waals surface area contributed by atoms with Crippen LogP contribution in [0.4, 0.5) is 0 Å². The first-order valence-electron chi connectivity index (χ1n) is 7.99. The minimum atomic E-state index is -0.612. The van der Waals surface area contributed by atoms with Gasteiger partial charge in [0.15, 0.2) is 0 Å². The van der Waals surface area contributed by atoms with Crippen LogP contribution in [0.3, 0.4) is 0 Å². The van der Waals surface area contributed by atoms with Gasteiger partial charge in [-0.05, 0) is 30.9 Å². The van der Waals surface area contributed by atoms with E-state index >= 15 is 0 Å². The number of nitrogens with zero attached hydrogens (tertiary/aromatic N) is 1. The molecule has 0 aliphatic carbocycles. The summed E-state index contributed by atoms with van der Waals surface area (Å²) in [4.78, 5) is 12.5. The summed E-state index contributed by atoms with van der Waals surface area (Å²) >= 11 is 0. The number of amides is 1. The predicted molar refractivity (Wildman–Crippen MR) is 94.4 cm³/mol. The second-order valence-electron chi connectivity index (χ2n) is 6.79. The summed E-state index contributed by atoms with van der Waals surface area (Å²) in [7, 11) is 0. The van der Waals surface area contributed by atoms with E-state index in [-0.39, 0.29) is 5.91 Å². The molecule has 0 saturated heterocycles. The molecule has 0 fully saturated rings. The van der Waals surface area contributed by atoms with Crippen LogP contribution in [0.5, 0.6) is 0 Å². The number of nitrogens with one attached hydrogen (secondary N) is 1. The average Bonchev–Trinajstić information content (AvgIpc) is 3.01. The maximum Gasteiger partial charge on any atom is 0.230 e. The number of benzene rings is 1. The molecule has 0 unspecified atom stereocenters. The fraction of sp³-hybridized carbons (Fsp3) is 0.368. The van der Waals surface area contributed by atoms with Crippen molar-refractivity contribution >= 4 is 12.1 Å². The van der Waals surface area contributed by atoms with Gasteiger partial charge < -0.3 is 14.9 Å². The van der Waals surface area contributed by atoms with Gasteiger partial charge in [0.25, 0.3) is 0 Å². The van der Waals surface area contributed by atoms with Gasteiger partial charge in [-0.25, -0.2) is 0 Å². The summed E-state index contributed by atoms with van der Waals surface area (Å²) in [5, 5.41) is 14.7. The Hall–Kier alpha value is -2.56. The summed E-state index contributed by atoms with van der Waals surface area (Å²) in [5.74, 6) is 0.431. The normalized spacial score (nSPS) is 12.0. The SMILES string of the molecule is CC(C)CNC(=O)C(C)(C)c1ccc(-c2cocc2/C=N/O)cc1. The first-order valence-corrected chi connectivity index (χ1v) is 7.99. The Balaban J connectivity index is 2.22. The van der Waals surface area contributed by atoms with Crippen molar-refractivity contribution in [2.24, 2.45) is 11.1 Å². The lowest BCUT2D eigenvalue weighted by molar-refractivity contribution is -0.125. The molecule has 5 nitrogen and oxygen atoms in total. The third-order valence-corrected chi connectivity index (χ3v) is 4.04. The van der Waals surface area contributed by atoms with Gasteiger partial charge in [0, 0.05) is 17.7 Å². The zero-order valence-electron chi connectivity index (χ0n) is 14.5. The predicted octanol–water partition coefficient (Wildman–Crippen LogP) is 3.80. The third-order valence-electron chi connectivity index (χ3n) is 4.04. The van der Waals surface area contributed by atoms with Crippen molar-refractivity contribution in [3.05, 3.63) is 47.9 Å². The molecular formula is C19H24N2O3. The molecule has 2 rings (SSSR count). The van der Waals surface area contributed by atoms with E-state index in [1.165, 1.54) is 12.5 Å². The number of hydrogen-bond donors (Lipinski definition) is 2. The Morgan fingerprint density at radius 1 is 1.29 bits per heavy atom. The number of carbonyl (C=O) groups excluding carboxylic acids is 1. The average molecular weight is 328 g/mol. The van der Waals surface area contributed by atoms with Crippen molar-refractivity contribution in [1.29, 1.82) is 0 Å². The van der Waals surface area contributed by atoms with Gasteiger partial charge in [-0.2, -0.15) is 0 Å². The minimum Gasteiger partial charge on any atom is -0.471 e. The van der Waals surface area contributed by atoms with Crippen molar-refractivity contribution in [1.82, 2.24) is 5.32 Å². The quantitative estimate of drug-likeness (QED) is 0.481. The summed E-state index contributed by atoms with van der Waals surface area (Å²) in [6.45, 7) is 8.64. The van der Waals surface area contributed by atoms with E-state index < -0.39 is 5.41 Å². The largest absolute Gasteiger partial charge is 0.471 e. The van der Waals surface area contributed by atoms with E-state index in [1.807, 2.05) is 38.1 Å². The summed E-state index contributed by atoms with van der Waals surface area (Å²) in [5.41, 5.74) is 2.79. The van der Waals surface area contributed by atoms with Crippen LogP contribution in [0, 0.1) is 5.92 Å². The monoisotopic (exact) mass is 328 g/mol. The number of oxime groups is 1. The third kappa shape index (κ3) is 3.85. The molecule has 0 spiro atoms. The Morgan fingerprint density at radius 2 is 1.96 bits per heavy atom. The molecule has 2 N–H and O–H groups in total. The standard InChI is InChI=1S/C19H24N2O3/c1-13(2)9-20-18(22)19(3,4)16-7-5-14(6-8-16)17-12-24-11-15(17)10-21-23/h5-8,10-13,23H,9H2,1-4H3,(H,20,22)/b21-10+. The highest BCUT2D eigenvalue weighted by Crippen LogP contribution is 2.28. The molecule has 0 bridgehead atoms. The number of rotatable bonds is 6. The zero-order chi connectivity index (χ0) is 17.7. The fourth-order valence-electron chi connectivity index (χ4n) is 2.42. The second-order valence-corrected chi connectivity index (χ2v) is 6.79. The van der Waals surface area contributed by atoms with Crippen LogP contribution in [-0.4, -0.2) is 23.9 Å². The van der Waals surface area contributed by atoms with Crippen LogP contribution < -0.4 is 5.32 Å². The van der Waals surface area contributed by atoms with Crippen LogP contribution in [0.2, 0.25) is 0 Å². The lowest BCUT2D eigenvalue weighted by Crippen LogP contribution is -2.41. The molecule has 5 heteroatoms. The molecule has 1 aromatic carbocycles. The molecule has 0 aliphatic heterocycles. The minimum absolute atomic E-state index is 0.0142. The molecular weight excluding hydrogens is 304 g/mol. The lowest BCUT2D eigenvalue weighted by Gasteiger charge is -2.25. The maximum atomic E-state index is 12.5. The van der Waals surface area contributed by atoms with Gasteiger partial charge in [-0.1, -0.05) is 43.3 Å². The van der Waals surface area contributed by atoms with Crippen LogP contribution in [0.25, 0.3) is 11.1 Å². The number of hydrogen-bond acceptors (Lipinski definition) is 4. The maximum absolute atomic E-state index is 12.5. The molecule has 0 radical (unpaired) electrons. The number of furan rings is 1. The molecule has 2 aromatic rings. The van der Waals surface area contributed by atoms with Crippen molar-refractivity contribution in [3.63, 3.8) is 0 Å². The van der Waals surface area contributed by atoms with Gasteiger partial charge in [0.1, 0.15) is 0 Å². The summed E-state index contributed by atoms with van der Waals surface area (Å²) in [6, 6.07) is 7.76. The van der Waals surface area contributed by atoms with Gasteiger partial charge in [0.2, 0.25) is 5.91 Å². The Morgan fingerprint density at radius 3 is 2.54 bits per heavy atom. The highest BCUT2D eigenvalue weighted by molar-refractivity contribution is 5.90. The number of carbonyl (C=O) groups is 1. The van der Waals surface area contributed by atoms with Crippen molar-refractivity contribution in [3.8, 4) is 11.1 Å². The molecule has 1 aromatic heterocycles. The molecule has 1 heterocycles. The second kappa shape index (κ2) is 7.34. The van der Waals surface area contributed by atoms with Crippen LogP contribution in [0.15, 0.2) is 46.4 Å². The van der Waals surface area contributed by atoms with E-state index in [2.05, 4.69) is 24.3 Å². The molecule has 24 heavy (non-hydrogen) atoms. The van der Waals surface area contributed by atoms with Gasteiger partial charge in [-0.3, -0.25) is 4.79 Å². The Bertz CT molecular complexity index is 712. The molecule has 0 saturated carbocycles. The highest BCUT2D eigenvalue weighted by atomic mass is 16.4. The van der Waals surface area contributed by atoms with Crippen molar-refractivity contribution < 1.29 is 14.4 Å². The molecule has 128 valence electrons. The first kappa shape index (κ1) is 17.8. The van der Waals surface area contributed by atoms with E-state index in [0.717, 1.165) is 16.7 Å². The van der Waals surface area contributed by atoms with E-state index in [9.17, 15) is 4.79 Å². The van der Waals surface area contributed by atoms with Gasteiger partial charge in [0.05, 0.1) is 24.2 Å². The Labute approximate surface area is 142 Å². The molecule has 0 aliphatic rings. The lowest BCUT2D eigenvalue weighted by atomic mass is 9.83. The Kier molecular flexibility index (Phi) is 5.44. The van der Waals surface area contributed by atoms with E-state index in [4.69, 9.17) is 9.62 Å². The van der Waals surface area contributed by atoms with Gasteiger partial charge in [-0.15, -0.1) is 0 Å².